The first-order valence-electron chi connectivity index (χ1n) is 11.8. The normalized spacial score (nSPS) is 28.2. The van der Waals surface area contributed by atoms with Gasteiger partial charge in [0.05, 0.1) is 17.6 Å². The summed E-state index contributed by atoms with van der Waals surface area (Å²) in [5, 5.41) is 8.42. The predicted octanol–water partition coefficient (Wildman–Crippen LogP) is 6.21. The molecule has 0 amide bonds. The van der Waals surface area contributed by atoms with Gasteiger partial charge >= 0.3 is 0 Å². The van der Waals surface area contributed by atoms with Crippen LogP contribution in [0.1, 0.15) is 62.4 Å². The van der Waals surface area contributed by atoms with E-state index in [0.29, 0.717) is 37.8 Å². The van der Waals surface area contributed by atoms with Crippen LogP contribution in [-0.2, 0) is 12.8 Å². The van der Waals surface area contributed by atoms with Gasteiger partial charge in [0.25, 0.3) is 0 Å². The zero-order chi connectivity index (χ0) is 23.1. The third kappa shape index (κ3) is 3.58. The van der Waals surface area contributed by atoms with Crippen LogP contribution in [0.5, 0.6) is 0 Å². The van der Waals surface area contributed by atoms with Crippen molar-refractivity contribution in [2.75, 3.05) is 0 Å². The predicted molar refractivity (Wildman–Crippen MR) is 124 cm³/mol. The molecule has 0 bridgehead atoms. The molecular formula is C26H28F2N4O. The number of alkyl halides is 1. The summed E-state index contributed by atoms with van der Waals surface area (Å²) in [6, 6.07) is 2.77. The standard InChI is InChI=1S/C26H28F2N4O/c1-2-10-25-16-18-17-30-32(23-5-3-20(27)4-6-23)24(18)14-19(25)7-11-26(25,31-33)12-8-22-15-21(28)9-13-29-22/h3,5-6,9,13-15,17,20H,2,4,7-8,10-12,16H2,1H3. The van der Waals surface area contributed by atoms with Crippen molar-refractivity contribution in [1.82, 2.24) is 14.8 Å². The summed E-state index contributed by atoms with van der Waals surface area (Å²) < 4.78 is 29.1. The summed E-state index contributed by atoms with van der Waals surface area (Å²) in [6.07, 6.45) is 15.2. The first kappa shape index (κ1) is 21.9. The van der Waals surface area contributed by atoms with E-state index < -0.39 is 11.7 Å². The summed E-state index contributed by atoms with van der Waals surface area (Å²) in [5.74, 6) is -0.316. The van der Waals surface area contributed by atoms with Crippen molar-refractivity contribution in [3.63, 3.8) is 0 Å². The van der Waals surface area contributed by atoms with Gasteiger partial charge in [-0.1, -0.05) is 30.2 Å². The molecule has 172 valence electrons. The van der Waals surface area contributed by atoms with Gasteiger partial charge in [-0.2, -0.15) is 10.0 Å². The van der Waals surface area contributed by atoms with Crippen LogP contribution in [-0.4, -0.2) is 26.5 Å². The maximum atomic E-state index is 13.7. The highest BCUT2D eigenvalue weighted by molar-refractivity contribution is 5.68. The largest absolute Gasteiger partial charge is 0.261 e. The molecule has 2 aromatic heterocycles. The molecule has 3 atom stereocenters. The topological polar surface area (TPSA) is 60.1 Å². The maximum absolute atomic E-state index is 13.7. The minimum Gasteiger partial charge on any atom is -0.261 e. The van der Waals surface area contributed by atoms with E-state index in [0.717, 1.165) is 36.2 Å². The molecule has 2 heterocycles. The molecule has 3 aliphatic rings. The van der Waals surface area contributed by atoms with Crippen molar-refractivity contribution < 1.29 is 8.78 Å². The number of allylic oxidation sites excluding steroid dienone is 4. The van der Waals surface area contributed by atoms with E-state index in [1.165, 1.54) is 23.9 Å². The second-order valence-corrected chi connectivity index (χ2v) is 9.47. The number of aromatic nitrogens is 3. The van der Waals surface area contributed by atoms with Gasteiger partial charge in [-0.3, -0.25) is 4.98 Å². The number of nitrogens with zero attached hydrogens (tertiary/aromatic N) is 4. The Kier molecular flexibility index (Phi) is 5.59. The van der Waals surface area contributed by atoms with Gasteiger partial charge in [-0.15, -0.1) is 0 Å². The molecule has 3 unspecified atom stereocenters. The van der Waals surface area contributed by atoms with E-state index in [-0.39, 0.29) is 11.2 Å². The van der Waals surface area contributed by atoms with Crippen LogP contribution < -0.4 is 0 Å². The average Bonchev–Trinajstić information content (AvgIpc) is 3.36. The summed E-state index contributed by atoms with van der Waals surface area (Å²) in [5.41, 5.74) is 3.75. The van der Waals surface area contributed by atoms with Crippen molar-refractivity contribution in [2.24, 2.45) is 10.6 Å². The van der Waals surface area contributed by atoms with E-state index in [1.54, 1.807) is 12.2 Å². The van der Waals surface area contributed by atoms with E-state index in [4.69, 9.17) is 0 Å². The summed E-state index contributed by atoms with van der Waals surface area (Å²) in [4.78, 5) is 16.8. The highest BCUT2D eigenvalue weighted by atomic mass is 19.1. The molecule has 0 spiro atoms. The van der Waals surface area contributed by atoms with Crippen molar-refractivity contribution in [3.05, 3.63) is 76.0 Å². The van der Waals surface area contributed by atoms with Gasteiger partial charge < -0.3 is 0 Å². The van der Waals surface area contributed by atoms with Crippen LogP contribution >= 0.6 is 0 Å². The molecule has 0 aromatic carbocycles. The van der Waals surface area contributed by atoms with Crippen molar-refractivity contribution in [1.29, 1.82) is 0 Å². The molecule has 33 heavy (non-hydrogen) atoms. The van der Waals surface area contributed by atoms with Crippen LogP contribution in [0, 0.1) is 16.1 Å². The Bertz CT molecular complexity index is 1170. The van der Waals surface area contributed by atoms with E-state index in [1.807, 2.05) is 17.0 Å². The summed E-state index contributed by atoms with van der Waals surface area (Å²) >= 11 is 0. The van der Waals surface area contributed by atoms with E-state index in [2.05, 4.69) is 28.3 Å². The van der Waals surface area contributed by atoms with Crippen LogP contribution in [0.3, 0.4) is 0 Å². The smallest absolute Gasteiger partial charge is 0.126 e. The number of aryl methyl sites for hydroxylation is 1. The Morgan fingerprint density at radius 1 is 1.33 bits per heavy atom. The Hall–Kier alpha value is -2.96. The Morgan fingerprint density at radius 2 is 2.21 bits per heavy atom. The number of halogens is 2. The van der Waals surface area contributed by atoms with Gasteiger partial charge in [0, 0.05) is 23.7 Å². The van der Waals surface area contributed by atoms with Gasteiger partial charge in [-0.05, 0) is 74.4 Å². The molecule has 5 rings (SSSR count). The minimum atomic E-state index is -0.947. The number of pyridine rings is 1. The first-order chi connectivity index (χ1) is 16.0. The molecule has 0 N–H and O–H groups in total. The number of fused-ring (bicyclic) bond motifs is 2. The van der Waals surface area contributed by atoms with Crippen molar-refractivity contribution in [3.8, 4) is 0 Å². The number of rotatable bonds is 7. The Balaban J connectivity index is 1.50. The van der Waals surface area contributed by atoms with Crippen molar-refractivity contribution in [2.45, 2.75) is 70.0 Å². The summed E-state index contributed by atoms with van der Waals surface area (Å²) in [6.45, 7) is 2.14. The average molecular weight is 451 g/mol. The first-order valence-corrected chi connectivity index (χ1v) is 11.8. The zero-order valence-corrected chi connectivity index (χ0v) is 18.8. The lowest BCUT2D eigenvalue weighted by molar-refractivity contribution is 0.165. The summed E-state index contributed by atoms with van der Waals surface area (Å²) in [7, 11) is 0. The van der Waals surface area contributed by atoms with Crippen molar-refractivity contribution >= 4 is 11.8 Å². The van der Waals surface area contributed by atoms with Gasteiger partial charge in [0.2, 0.25) is 0 Å². The molecule has 1 saturated carbocycles. The van der Waals surface area contributed by atoms with Gasteiger partial charge in [0.15, 0.2) is 0 Å². The highest BCUT2D eigenvalue weighted by Gasteiger charge is 2.59. The quantitative estimate of drug-likeness (QED) is 0.471. The van der Waals surface area contributed by atoms with Crippen LogP contribution in [0.25, 0.3) is 11.8 Å². The van der Waals surface area contributed by atoms with E-state index in [9.17, 15) is 13.7 Å². The van der Waals surface area contributed by atoms with Crippen LogP contribution in [0.4, 0.5) is 8.78 Å². The monoisotopic (exact) mass is 450 g/mol. The van der Waals surface area contributed by atoms with Gasteiger partial charge in [0.1, 0.15) is 17.5 Å². The highest BCUT2D eigenvalue weighted by Crippen LogP contribution is 2.61. The number of hydrogen-bond donors (Lipinski definition) is 0. The van der Waals surface area contributed by atoms with Crippen LogP contribution in [0.15, 0.2) is 53.5 Å². The lowest BCUT2D eigenvalue weighted by Crippen LogP contribution is -2.46. The molecular weight excluding hydrogens is 422 g/mol. The number of hydrogen-bond acceptors (Lipinski definition) is 4. The zero-order valence-electron chi connectivity index (χ0n) is 18.8. The second kappa shape index (κ2) is 8.43. The number of nitroso groups, excluding NO2 is 1. The Labute approximate surface area is 192 Å². The molecule has 0 radical (unpaired) electrons. The fourth-order valence-corrected chi connectivity index (χ4v) is 6.10. The maximum Gasteiger partial charge on any atom is 0.126 e. The molecule has 1 fully saturated rings. The molecule has 0 saturated heterocycles. The SMILES string of the molecule is CCCC12Cc3cnn(C4=CCC(F)C=C4)c3C=C1CCC2(CCc1cc(F)ccn1)N=O. The molecule has 5 nitrogen and oxygen atoms in total. The molecule has 7 heteroatoms. The third-order valence-corrected chi connectivity index (χ3v) is 7.70. The fourth-order valence-electron chi connectivity index (χ4n) is 6.10. The fraction of sp³-hybridized carbons (Fsp3) is 0.462. The Morgan fingerprint density at radius 3 is 2.94 bits per heavy atom. The van der Waals surface area contributed by atoms with E-state index >= 15 is 0 Å². The van der Waals surface area contributed by atoms with Crippen LogP contribution in [0.2, 0.25) is 0 Å². The lowest BCUT2D eigenvalue weighted by atomic mass is 9.61. The lowest BCUT2D eigenvalue weighted by Gasteiger charge is -2.44. The molecule has 3 aliphatic carbocycles. The second-order valence-electron chi connectivity index (χ2n) is 9.47. The van der Waals surface area contributed by atoms with Gasteiger partial charge in [-0.25, -0.2) is 13.5 Å². The third-order valence-electron chi connectivity index (χ3n) is 7.70. The molecule has 2 aromatic rings. The minimum absolute atomic E-state index is 0.316. The molecule has 0 aliphatic heterocycles.